The van der Waals surface area contributed by atoms with E-state index in [1.54, 1.807) is 5.38 Å². The van der Waals surface area contributed by atoms with Gasteiger partial charge in [-0.25, -0.2) is 4.98 Å². The lowest BCUT2D eigenvalue weighted by Gasteiger charge is -2.18. The fourth-order valence-electron chi connectivity index (χ4n) is 3.03. The van der Waals surface area contributed by atoms with Gasteiger partial charge in [-0.2, -0.15) is 5.10 Å². The summed E-state index contributed by atoms with van der Waals surface area (Å²) >= 11 is 1.46. The van der Waals surface area contributed by atoms with Gasteiger partial charge in [0.1, 0.15) is 5.69 Å². The van der Waals surface area contributed by atoms with E-state index < -0.39 is 5.91 Å². The molecule has 1 aromatic carbocycles. The molecule has 0 spiro atoms. The fourth-order valence-corrected chi connectivity index (χ4v) is 3.90. The lowest BCUT2D eigenvalue weighted by atomic mass is 10.0. The highest BCUT2D eigenvalue weighted by molar-refractivity contribution is 7.13. The maximum absolute atomic E-state index is 11.2. The molecule has 3 aromatic rings. The Kier molecular flexibility index (Phi) is 3.78. The Hall–Kier alpha value is -2.67. The molecule has 0 fully saturated rings. The van der Waals surface area contributed by atoms with Crippen LogP contribution in [0.2, 0.25) is 0 Å². The Morgan fingerprint density at radius 3 is 2.75 bits per heavy atom. The molecule has 0 atom stereocenters. The molecule has 0 unspecified atom stereocenters. The van der Waals surface area contributed by atoms with Gasteiger partial charge in [0.2, 0.25) is 0 Å². The van der Waals surface area contributed by atoms with E-state index in [0.717, 1.165) is 42.3 Å². The number of H-pyrrole nitrogens is 1. The van der Waals surface area contributed by atoms with Crippen molar-refractivity contribution in [3.63, 3.8) is 0 Å². The topological polar surface area (TPSA) is 87.9 Å². The van der Waals surface area contributed by atoms with Crippen LogP contribution in [0.15, 0.2) is 35.7 Å². The summed E-state index contributed by atoms with van der Waals surface area (Å²) in [6.45, 7) is 1.69. The number of hydrogen-bond acceptors (Lipinski definition) is 5. The standard InChI is InChI=1S/C17H17N5OS/c18-16(23)14-10-24-17(19-14)22-8-6-12-13(7-9-22)20-21-15(12)11-4-2-1-3-5-11/h1-5,10H,6-9H2,(H2,18,23)(H,20,21). The number of thiazole rings is 1. The first kappa shape index (κ1) is 14.9. The minimum Gasteiger partial charge on any atom is -0.364 e. The van der Waals surface area contributed by atoms with Crippen molar-refractivity contribution in [2.45, 2.75) is 12.8 Å². The Bertz CT molecular complexity index is 870. The Morgan fingerprint density at radius 2 is 2.00 bits per heavy atom. The van der Waals surface area contributed by atoms with Crippen LogP contribution in [0.1, 0.15) is 21.7 Å². The number of primary amides is 1. The maximum Gasteiger partial charge on any atom is 0.268 e. The van der Waals surface area contributed by atoms with E-state index >= 15 is 0 Å². The number of rotatable bonds is 3. The molecule has 6 nitrogen and oxygen atoms in total. The molecule has 0 bridgehead atoms. The maximum atomic E-state index is 11.2. The van der Waals surface area contributed by atoms with Crippen LogP contribution in [0.25, 0.3) is 11.3 Å². The molecule has 1 aliphatic rings. The third kappa shape index (κ3) is 2.67. The minimum absolute atomic E-state index is 0.337. The molecule has 3 N–H and O–H groups in total. The molecule has 24 heavy (non-hydrogen) atoms. The first-order chi connectivity index (χ1) is 11.7. The third-order valence-electron chi connectivity index (χ3n) is 4.28. The molecular weight excluding hydrogens is 322 g/mol. The van der Waals surface area contributed by atoms with Gasteiger partial charge in [0.25, 0.3) is 5.91 Å². The van der Waals surface area contributed by atoms with Crippen molar-refractivity contribution in [1.29, 1.82) is 0 Å². The molecule has 0 saturated carbocycles. The number of fused-ring (bicyclic) bond motifs is 1. The monoisotopic (exact) mass is 339 g/mol. The lowest BCUT2D eigenvalue weighted by molar-refractivity contribution is 0.0996. The van der Waals surface area contributed by atoms with Crippen molar-refractivity contribution < 1.29 is 4.79 Å². The summed E-state index contributed by atoms with van der Waals surface area (Å²) in [7, 11) is 0. The third-order valence-corrected chi connectivity index (χ3v) is 5.18. The van der Waals surface area contributed by atoms with Crippen LogP contribution in [0.5, 0.6) is 0 Å². The zero-order valence-electron chi connectivity index (χ0n) is 13.0. The number of nitrogens with zero attached hydrogens (tertiary/aromatic N) is 3. The van der Waals surface area contributed by atoms with Crippen molar-refractivity contribution in [2.24, 2.45) is 5.73 Å². The van der Waals surface area contributed by atoms with E-state index in [1.807, 2.05) is 18.2 Å². The summed E-state index contributed by atoms with van der Waals surface area (Å²) in [5, 5.41) is 10.3. The number of anilines is 1. The highest BCUT2D eigenvalue weighted by Crippen LogP contribution is 2.29. The molecule has 0 radical (unpaired) electrons. The van der Waals surface area contributed by atoms with E-state index in [-0.39, 0.29) is 0 Å². The predicted molar refractivity (Wildman–Crippen MR) is 94.3 cm³/mol. The van der Waals surface area contributed by atoms with Crippen LogP contribution < -0.4 is 10.6 Å². The lowest BCUT2D eigenvalue weighted by Crippen LogP contribution is -2.26. The summed E-state index contributed by atoms with van der Waals surface area (Å²) in [6, 6.07) is 10.2. The second kappa shape index (κ2) is 6.09. The summed E-state index contributed by atoms with van der Waals surface area (Å²) in [4.78, 5) is 17.8. The van der Waals surface area contributed by atoms with Crippen LogP contribution in [-0.4, -0.2) is 34.2 Å². The largest absolute Gasteiger partial charge is 0.364 e. The molecule has 122 valence electrons. The fraction of sp³-hybridized carbons (Fsp3) is 0.235. The van der Waals surface area contributed by atoms with Gasteiger partial charge >= 0.3 is 0 Å². The van der Waals surface area contributed by atoms with Crippen molar-refractivity contribution in [2.75, 3.05) is 18.0 Å². The van der Waals surface area contributed by atoms with Gasteiger partial charge in [-0.05, 0) is 6.42 Å². The van der Waals surface area contributed by atoms with E-state index in [1.165, 1.54) is 22.6 Å². The van der Waals surface area contributed by atoms with E-state index in [2.05, 4.69) is 32.2 Å². The normalized spacial score (nSPS) is 14.2. The first-order valence-electron chi connectivity index (χ1n) is 7.84. The van der Waals surface area contributed by atoms with Crippen molar-refractivity contribution in [3.05, 3.63) is 52.7 Å². The van der Waals surface area contributed by atoms with Gasteiger partial charge in [0, 0.05) is 41.7 Å². The summed E-state index contributed by atoms with van der Waals surface area (Å²) in [6.07, 6.45) is 1.77. The quantitative estimate of drug-likeness (QED) is 0.766. The summed E-state index contributed by atoms with van der Waals surface area (Å²) < 4.78 is 0. The summed E-state index contributed by atoms with van der Waals surface area (Å²) in [5.41, 5.74) is 10.3. The number of carbonyl (C=O) groups is 1. The molecule has 2 aromatic heterocycles. The number of benzene rings is 1. The van der Waals surface area contributed by atoms with E-state index in [9.17, 15) is 4.79 Å². The van der Waals surface area contributed by atoms with Crippen LogP contribution in [0.3, 0.4) is 0 Å². The van der Waals surface area contributed by atoms with Crippen molar-refractivity contribution in [1.82, 2.24) is 15.2 Å². The number of aromatic amines is 1. The second-order valence-electron chi connectivity index (χ2n) is 5.76. The minimum atomic E-state index is -0.479. The average Bonchev–Trinajstić information content (AvgIpc) is 3.19. The molecule has 0 saturated heterocycles. The van der Waals surface area contributed by atoms with E-state index in [0.29, 0.717) is 5.69 Å². The van der Waals surface area contributed by atoms with Gasteiger partial charge in [-0.1, -0.05) is 30.3 Å². The molecule has 1 amide bonds. The van der Waals surface area contributed by atoms with Crippen molar-refractivity contribution >= 4 is 22.4 Å². The molecule has 3 heterocycles. The highest BCUT2D eigenvalue weighted by Gasteiger charge is 2.22. The number of hydrogen-bond donors (Lipinski definition) is 2. The Morgan fingerprint density at radius 1 is 1.21 bits per heavy atom. The molecular formula is C17H17N5OS. The molecule has 7 heteroatoms. The number of nitrogens with one attached hydrogen (secondary N) is 1. The van der Waals surface area contributed by atoms with Crippen molar-refractivity contribution in [3.8, 4) is 11.3 Å². The summed E-state index contributed by atoms with van der Waals surface area (Å²) in [5.74, 6) is -0.479. The number of amides is 1. The molecule has 0 aliphatic carbocycles. The van der Waals surface area contributed by atoms with Gasteiger partial charge < -0.3 is 10.6 Å². The highest BCUT2D eigenvalue weighted by atomic mass is 32.1. The smallest absolute Gasteiger partial charge is 0.268 e. The zero-order valence-corrected chi connectivity index (χ0v) is 13.8. The van der Waals surface area contributed by atoms with Gasteiger partial charge in [0.05, 0.1) is 5.69 Å². The van der Waals surface area contributed by atoms with Gasteiger partial charge in [0.15, 0.2) is 5.13 Å². The predicted octanol–water partition coefficient (Wildman–Crippen LogP) is 2.24. The van der Waals surface area contributed by atoms with Crippen LogP contribution in [-0.2, 0) is 12.8 Å². The SMILES string of the molecule is NC(=O)c1csc(N2CCc3[nH]nc(-c4ccccc4)c3CC2)n1. The van der Waals surface area contributed by atoms with Gasteiger partial charge in [-0.15, -0.1) is 11.3 Å². The van der Waals surface area contributed by atoms with Crippen LogP contribution in [0.4, 0.5) is 5.13 Å². The average molecular weight is 339 g/mol. The molecule has 4 rings (SSSR count). The zero-order chi connectivity index (χ0) is 16.5. The molecule has 1 aliphatic heterocycles. The number of nitrogens with two attached hydrogens (primary N) is 1. The van der Waals surface area contributed by atoms with Crippen LogP contribution >= 0.6 is 11.3 Å². The Labute approximate surface area is 143 Å². The second-order valence-corrected chi connectivity index (χ2v) is 6.60. The van der Waals surface area contributed by atoms with E-state index in [4.69, 9.17) is 5.73 Å². The number of carbonyl (C=O) groups excluding carboxylic acids is 1. The first-order valence-corrected chi connectivity index (χ1v) is 8.72. The number of aromatic nitrogens is 3. The van der Waals surface area contributed by atoms with Crippen LogP contribution in [0, 0.1) is 0 Å². The Balaban J connectivity index is 1.58. The van der Waals surface area contributed by atoms with Gasteiger partial charge in [-0.3, -0.25) is 9.89 Å².